The number of hydrogen-bond donors (Lipinski definition) is 2. The van der Waals surface area contributed by atoms with E-state index in [-0.39, 0.29) is 16.9 Å². The van der Waals surface area contributed by atoms with E-state index in [0.29, 0.717) is 12.3 Å². The Kier molecular flexibility index (Phi) is 3.34. The van der Waals surface area contributed by atoms with E-state index >= 15 is 0 Å². The zero-order valence-corrected chi connectivity index (χ0v) is 14.3. The number of fused-ring (bicyclic) bond motifs is 2. The fourth-order valence-electron chi connectivity index (χ4n) is 6.14. The Morgan fingerprint density at radius 1 is 1.05 bits per heavy atom. The van der Waals surface area contributed by atoms with E-state index in [0.717, 1.165) is 19.3 Å². The first-order chi connectivity index (χ1) is 9.57. The molecule has 0 aromatic rings. The standard InChI is InChI=1S/C18H32O3/c1-12-7-10-18(21-12)16(4)9-6-8-15(2,3)13(16)11-14(19)17(18,5)20/h12-14,19-20H,6-11H2,1-5H3/t12-,13-,14-,16-,17-,18-/m0/s1. The molecule has 3 heteroatoms. The number of rotatable bonds is 0. The van der Waals surface area contributed by atoms with Crippen molar-refractivity contribution in [1.29, 1.82) is 0 Å². The highest BCUT2D eigenvalue weighted by Gasteiger charge is 2.71. The minimum Gasteiger partial charge on any atom is -0.390 e. The molecule has 1 heterocycles. The van der Waals surface area contributed by atoms with Crippen molar-refractivity contribution in [3.05, 3.63) is 0 Å². The van der Waals surface area contributed by atoms with Gasteiger partial charge in [0.1, 0.15) is 11.2 Å². The van der Waals surface area contributed by atoms with E-state index in [1.165, 1.54) is 12.8 Å². The smallest absolute Gasteiger partial charge is 0.117 e. The molecule has 3 aliphatic rings. The second kappa shape index (κ2) is 4.46. The summed E-state index contributed by atoms with van der Waals surface area (Å²) in [5, 5.41) is 21.9. The predicted molar refractivity (Wildman–Crippen MR) is 83.0 cm³/mol. The molecular weight excluding hydrogens is 264 g/mol. The molecule has 0 aromatic carbocycles. The van der Waals surface area contributed by atoms with Gasteiger partial charge in [-0.2, -0.15) is 0 Å². The zero-order chi connectivity index (χ0) is 15.7. The fraction of sp³-hybridized carbons (Fsp3) is 1.00. The Bertz CT molecular complexity index is 430. The van der Waals surface area contributed by atoms with Crippen molar-refractivity contribution >= 4 is 0 Å². The normalized spacial score (nSPS) is 56.4. The summed E-state index contributed by atoms with van der Waals surface area (Å²) in [5.74, 6) is 0.402. The molecule has 2 saturated carbocycles. The topological polar surface area (TPSA) is 49.7 Å². The average molecular weight is 296 g/mol. The van der Waals surface area contributed by atoms with Gasteiger partial charge in [0.2, 0.25) is 0 Å². The van der Waals surface area contributed by atoms with Crippen LogP contribution in [0.3, 0.4) is 0 Å². The monoisotopic (exact) mass is 296 g/mol. The van der Waals surface area contributed by atoms with Gasteiger partial charge in [-0.05, 0) is 57.3 Å². The Morgan fingerprint density at radius 3 is 2.29 bits per heavy atom. The van der Waals surface area contributed by atoms with Gasteiger partial charge in [-0.3, -0.25) is 0 Å². The molecule has 0 radical (unpaired) electrons. The van der Waals surface area contributed by atoms with Gasteiger partial charge in [0.25, 0.3) is 0 Å². The summed E-state index contributed by atoms with van der Waals surface area (Å²) < 4.78 is 6.43. The molecule has 1 spiro atoms. The Balaban J connectivity index is 2.13. The van der Waals surface area contributed by atoms with Crippen molar-refractivity contribution in [3.63, 3.8) is 0 Å². The molecule has 0 unspecified atom stereocenters. The Hall–Kier alpha value is -0.120. The maximum atomic E-state index is 11.2. The van der Waals surface area contributed by atoms with Crippen LogP contribution in [0.25, 0.3) is 0 Å². The number of aliphatic hydroxyl groups is 2. The molecule has 21 heavy (non-hydrogen) atoms. The minimum absolute atomic E-state index is 0.0533. The van der Waals surface area contributed by atoms with Crippen molar-refractivity contribution in [3.8, 4) is 0 Å². The van der Waals surface area contributed by atoms with Crippen LogP contribution in [-0.2, 0) is 4.74 Å². The lowest BCUT2D eigenvalue weighted by Crippen LogP contribution is -2.74. The van der Waals surface area contributed by atoms with Gasteiger partial charge in [-0.25, -0.2) is 0 Å². The molecule has 3 nitrogen and oxygen atoms in total. The summed E-state index contributed by atoms with van der Waals surface area (Å²) in [6, 6.07) is 0. The second-order valence-corrected chi connectivity index (χ2v) is 9.01. The van der Waals surface area contributed by atoms with E-state index in [1.807, 2.05) is 0 Å². The van der Waals surface area contributed by atoms with Gasteiger partial charge in [0, 0.05) is 5.41 Å². The van der Waals surface area contributed by atoms with E-state index in [9.17, 15) is 10.2 Å². The molecule has 0 aromatic heterocycles. The predicted octanol–water partition coefficient (Wildman–Crippen LogP) is 3.27. The molecule has 122 valence electrons. The van der Waals surface area contributed by atoms with Crippen molar-refractivity contribution in [2.24, 2.45) is 16.7 Å². The first-order valence-electron chi connectivity index (χ1n) is 8.65. The van der Waals surface area contributed by atoms with Crippen LogP contribution < -0.4 is 0 Å². The fourth-order valence-corrected chi connectivity index (χ4v) is 6.14. The SMILES string of the molecule is C[C@H]1CC[C@@]2(O1)[C@@](C)(O)[C@@H](O)C[C@H]1C(C)(C)CCC[C@@]12C. The molecule has 6 atom stereocenters. The number of hydrogen-bond acceptors (Lipinski definition) is 3. The molecular formula is C18H32O3. The van der Waals surface area contributed by atoms with Gasteiger partial charge in [-0.1, -0.05) is 27.2 Å². The largest absolute Gasteiger partial charge is 0.390 e. The Morgan fingerprint density at radius 2 is 1.71 bits per heavy atom. The quantitative estimate of drug-likeness (QED) is 0.721. The van der Waals surface area contributed by atoms with Crippen molar-refractivity contribution in [1.82, 2.24) is 0 Å². The Labute approximate surface area is 129 Å². The lowest BCUT2D eigenvalue weighted by Gasteiger charge is -2.66. The first-order valence-corrected chi connectivity index (χ1v) is 8.65. The van der Waals surface area contributed by atoms with Gasteiger partial charge in [-0.15, -0.1) is 0 Å². The molecule has 0 bridgehead atoms. The molecule has 3 rings (SSSR count). The number of aliphatic hydroxyl groups excluding tert-OH is 1. The highest BCUT2D eigenvalue weighted by molar-refractivity contribution is 5.21. The van der Waals surface area contributed by atoms with Crippen molar-refractivity contribution in [2.45, 2.75) is 96.6 Å². The zero-order valence-electron chi connectivity index (χ0n) is 14.3. The van der Waals surface area contributed by atoms with Crippen molar-refractivity contribution in [2.75, 3.05) is 0 Å². The summed E-state index contributed by atoms with van der Waals surface area (Å²) >= 11 is 0. The van der Waals surface area contributed by atoms with E-state index in [4.69, 9.17) is 4.74 Å². The van der Waals surface area contributed by atoms with Crippen LogP contribution in [0.2, 0.25) is 0 Å². The highest BCUT2D eigenvalue weighted by atomic mass is 16.5. The van der Waals surface area contributed by atoms with Crippen molar-refractivity contribution < 1.29 is 14.9 Å². The molecule has 3 fully saturated rings. The van der Waals surface area contributed by atoms with Gasteiger partial charge in [0.05, 0.1) is 12.2 Å². The van der Waals surface area contributed by atoms with E-state index < -0.39 is 17.3 Å². The summed E-state index contributed by atoms with van der Waals surface area (Å²) in [7, 11) is 0. The average Bonchev–Trinajstić information content (AvgIpc) is 2.76. The van der Waals surface area contributed by atoms with E-state index in [2.05, 4.69) is 27.7 Å². The molecule has 2 N–H and O–H groups in total. The van der Waals surface area contributed by atoms with Crippen LogP contribution in [-0.4, -0.2) is 33.6 Å². The van der Waals surface area contributed by atoms with Crippen LogP contribution in [0.5, 0.6) is 0 Å². The lowest BCUT2D eigenvalue weighted by atomic mass is 9.43. The second-order valence-electron chi connectivity index (χ2n) is 9.01. The third-order valence-electron chi connectivity index (χ3n) is 7.38. The molecule has 1 saturated heterocycles. The van der Waals surface area contributed by atoms with Crippen LogP contribution in [0.4, 0.5) is 0 Å². The van der Waals surface area contributed by atoms with E-state index in [1.54, 1.807) is 6.92 Å². The lowest BCUT2D eigenvalue weighted by molar-refractivity contribution is -0.312. The maximum absolute atomic E-state index is 11.2. The highest BCUT2D eigenvalue weighted by Crippen LogP contribution is 2.67. The molecule has 1 aliphatic heterocycles. The maximum Gasteiger partial charge on any atom is 0.117 e. The summed E-state index contributed by atoms with van der Waals surface area (Å²) in [5.41, 5.74) is -1.61. The summed E-state index contributed by atoms with van der Waals surface area (Å²) in [6.07, 6.45) is 5.49. The minimum atomic E-state index is -1.16. The third kappa shape index (κ3) is 1.83. The van der Waals surface area contributed by atoms with Crippen LogP contribution >= 0.6 is 0 Å². The van der Waals surface area contributed by atoms with Gasteiger partial charge in [0.15, 0.2) is 0 Å². The van der Waals surface area contributed by atoms with Gasteiger partial charge < -0.3 is 14.9 Å². The first kappa shape index (κ1) is 15.8. The van der Waals surface area contributed by atoms with Crippen LogP contribution in [0.1, 0.15) is 73.1 Å². The van der Waals surface area contributed by atoms with Gasteiger partial charge >= 0.3 is 0 Å². The third-order valence-corrected chi connectivity index (χ3v) is 7.38. The van der Waals surface area contributed by atoms with Crippen LogP contribution in [0, 0.1) is 16.7 Å². The summed E-state index contributed by atoms with van der Waals surface area (Å²) in [6.45, 7) is 10.9. The number of ether oxygens (including phenoxy) is 1. The van der Waals surface area contributed by atoms with Crippen LogP contribution in [0.15, 0.2) is 0 Å². The summed E-state index contributed by atoms with van der Waals surface area (Å²) in [4.78, 5) is 0. The molecule has 2 aliphatic carbocycles. The molecule has 0 amide bonds.